The number of Topliss-reactive ketones (excluding diaryl/α,β-unsaturated/α-hetero) is 1. The molecular formula is C29H33NO6. The molecule has 1 aliphatic heterocycles. The molecule has 0 saturated carbocycles. The van der Waals surface area contributed by atoms with E-state index in [0.717, 1.165) is 11.3 Å². The minimum atomic E-state index is -0.619. The van der Waals surface area contributed by atoms with Crippen LogP contribution >= 0.6 is 0 Å². The molecule has 7 nitrogen and oxygen atoms in total. The molecule has 0 radical (unpaired) electrons. The number of ketones is 1. The number of esters is 1. The van der Waals surface area contributed by atoms with E-state index in [4.69, 9.17) is 14.2 Å². The van der Waals surface area contributed by atoms with Gasteiger partial charge >= 0.3 is 5.97 Å². The lowest BCUT2D eigenvalue weighted by Crippen LogP contribution is -2.36. The van der Waals surface area contributed by atoms with Gasteiger partial charge in [0.15, 0.2) is 17.3 Å². The predicted molar refractivity (Wildman–Crippen MR) is 136 cm³/mol. The zero-order valence-corrected chi connectivity index (χ0v) is 21.4. The van der Waals surface area contributed by atoms with Crippen LogP contribution in [0.1, 0.15) is 56.6 Å². The Balaban J connectivity index is 1.75. The number of aromatic hydroxyl groups is 1. The maximum Gasteiger partial charge on any atom is 0.336 e. The van der Waals surface area contributed by atoms with Crippen molar-refractivity contribution in [2.75, 3.05) is 20.8 Å². The maximum atomic E-state index is 13.7. The fourth-order valence-corrected chi connectivity index (χ4v) is 5.01. The fraction of sp³-hybridized carbons (Fsp3) is 0.379. The van der Waals surface area contributed by atoms with Gasteiger partial charge < -0.3 is 24.6 Å². The molecule has 2 N–H and O–H groups in total. The summed E-state index contributed by atoms with van der Waals surface area (Å²) in [5.41, 5.74) is 4.05. The van der Waals surface area contributed by atoms with Crippen molar-refractivity contribution in [3.05, 3.63) is 76.1 Å². The van der Waals surface area contributed by atoms with E-state index < -0.39 is 11.9 Å². The summed E-state index contributed by atoms with van der Waals surface area (Å²) in [7, 11) is 3.18. The molecule has 2 aromatic carbocycles. The van der Waals surface area contributed by atoms with Gasteiger partial charge in [0.2, 0.25) is 0 Å². The number of carbonyl (C=O) groups is 2. The van der Waals surface area contributed by atoms with E-state index in [1.807, 2.05) is 45.0 Å². The van der Waals surface area contributed by atoms with E-state index in [1.165, 1.54) is 0 Å². The lowest BCUT2D eigenvalue weighted by Gasteiger charge is -2.37. The molecule has 0 spiro atoms. The van der Waals surface area contributed by atoms with Crippen molar-refractivity contribution in [2.24, 2.45) is 5.92 Å². The van der Waals surface area contributed by atoms with Crippen LogP contribution in [0.15, 0.2) is 65.0 Å². The van der Waals surface area contributed by atoms with Gasteiger partial charge in [-0.1, -0.05) is 32.0 Å². The molecule has 1 heterocycles. The highest BCUT2D eigenvalue weighted by molar-refractivity contribution is 6.04. The van der Waals surface area contributed by atoms with Gasteiger partial charge in [0.05, 0.1) is 26.4 Å². The van der Waals surface area contributed by atoms with E-state index in [9.17, 15) is 14.7 Å². The Morgan fingerprint density at radius 3 is 2.47 bits per heavy atom. The zero-order chi connectivity index (χ0) is 26.0. The largest absolute Gasteiger partial charge is 0.508 e. The number of phenolic OH excluding ortho intramolecular Hbond substituents is 1. The standard InChI is InChI=1S/C29H33NO6/c1-16(2)15-36-29(33)26-17(3)30-22-12-20(18-9-10-24(34-4)25(14-18)35-5)13-23(32)28(22)27(26)19-7-6-8-21(31)11-19/h6-11,14,16,20,27,30-31H,12-13,15H2,1-5H3/t20-,27+/m1/s1. The Bertz CT molecular complexity index is 1240. The van der Waals surface area contributed by atoms with Crippen LogP contribution in [0.25, 0.3) is 0 Å². The van der Waals surface area contributed by atoms with Crippen molar-refractivity contribution in [1.82, 2.24) is 5.32 Å². The SMILES string of the molecule is COc1ccc([C@H]2CC(=O)C3=C(C2)NC(C)=C(C(=O)OCC(C)C)[C@@H]3c2cccc(O)c2)cc1OC. The van der Waals surface area contributed by atoms with Gasteiger partial charge in [0.25, 0.3) is 0 Å². The second-order valence-electron chi connectivity index (χ2n) is 9.72. The molecule has 1 aliphatic carbocycles. The van der Waals surface area contributed by atoms with Gasteiger partial charge in [-0.2, -0.15) is 0 Å². The topological polar surface area (TPSA) is 94.1 Å². The summed E-state index contributed by atoms with van der Waals surface area (Å²) in [4.78, 5) is 26.9. The number of dihydropyridines is 1. The lowest BCUT2D eigenvalue weighted by atomic mass is 9.71. The average Bonchev–Trinajstić information content (AvgIpc) is 2.85. The Kier molecular flexibility index (Phi) is 7.38. The monoisotopic (exact) mass is 491 g/mol. The van der Waals surface area contributed by atoms with Crippen molar-refractivity contribution >= 4 is 11.8 Å². The molecule has 0 aromatic heterocycles. The Morgan fingerprint density at radius 1 is 1.06 bits per heavy atom. The molecule has 0 amide bonds. The number of hydrogen-bond acceptors (Lipinski definition) is 7. The lowest BCUT2D eigenvalue weighted by molar-refractivity contribution is -0.140. The Morgan fingerprint density at radius 2 is 1.81 bits per heavy atom. The molecule has 2 atom stereocenters. The molecule has 0 fully saturated rings. The van der Waals surface area contributed by atoms with Gasteiger partial charge in [-0.05, 0) is 60.6 Å². The molecule has 36 heavy (non-hydrogen) atoms. The van der Waals surface area contributed by atoms with Crippen molar-refractivity contribution in [1.29, 1.82) is 0 Å². The maximum absolute atomic E-state index is 13.7. The van der Waals surface area contributed by atoms with Crippen molar-refractivity contribution in [3.8, 4) is 17.2 Å². The van der Waals surface area contributed by atoms with Crippen LogP contribution in [0, 0.1) is 5.92 Å². The number of phenols is 1. The van der Waals surface area contributed by atoms with Crippen LogP contribution < -0.4 is 14.8 Å². The summed E-state index contributed by atoms with van der Waals surface area (Å²) < 4.78 is 16.4. The highest BCUT2D eigenvalue weighted by Crippen LogP contribution is 2.46. The van der Waals surface area contributed by atoms with Gasteiger partial charge in [0.1, 0.15) is 5.75 Å². The third-order valence-corrected chi connectivity index (χ3v) is 6.68. The van der Waals surface area contributed by atoms with Gasteiger partial charge in [-0.3, -0.25) is 4.79 Å². The third kappa shape index (κ3) is 4.96. The van der Waals surface area contributed by atoms with Crippen LogP contribution in [-0.2, 0) is 14.3 Å². The first-order chi connectivity index (χ1) is 17.2. The number of nitrogens with one attached hydrogen (secondary N) is 1. The fourth-order valence-electron chi connectivity index (χ4n) is 5.01. The minimum absolute atomic E-state index is 0.0430. The second-order valence-corrected chi connectivity index (χ2v) is 9.72. The summed E-state index contributed by atoms with van der Waals surface area (Å²) in [6.45, 7) is 6.06. The Hall–Kier alpha value is -3.74. The number of ether oxygens (including phenoxy) is 3. The molecule has 190 valence electrons. The summed E-state index contributed by atoms with van der Waals surface area (Å²) in [5, 5.41) is 13.5. The number of rotatable bonds is 7. The van der Waals surface area contributed by atoms with E-state index >= 15 is 0 Å². The summed E-state index contributed by atoms with van der Waals surface area (Å²) >= 11 is 0. The van der Waals surface area contributed by atoms with Crippen LogP contribution in [0.5, 0.6) is 17.2 Å². The quantitative estimate of drug-likeness (QED) is 0.528. The summed E-state index contributed by atoms with van der Waals surface area (Å²) in [6.07, 6.45) is 0.885. The van der Waals surface area contributed by atoms with Gasteiger partial charge in [0, 0.05) is 29.3 Å². The number of hydrogen-bond donors (Lipinski definition) is 2. The highest BCUT2D eigenvalue weighted by Gasteiger charge is 2.41. The van der Waals surface area contributed by atoms with E-state index in [-0.39, 0.29) is 30.0 Å². The zero-order valence-electron chi connectivity index (χ0n) is 21.4. The number of carbonyl (C=O) groups excluding carboxylic acids is 2. The molecule has 2 aromatic rings. The molecule has 0 bridgehead atoms. The molecule has 0 saturated heterocycles. The third-order valence-electron chi connectivity index (χ3n) is 6.68. The van der Waals surface area contributed by atoms with E-state index in [1.54, 1.807) is 32.4 Å². The van der Waals surface area contributed by atoms with Crippen molar-refractivity contribution in [2.45, 2.75) is 45.4 Å². The predicted octanol–water partition coefficient (Wildman–Crippen LogP) is 4.97. The van der Waals surface area contributed by atoms with Crippen LogP contribution in [0.3, 0.4) is 0 Å². The van der Waals surface area contributed by atoms with E-state index in [0.29, 0.717) is 46.7 Å². The van der Waals surface area contributed by atoms with Crippen LogP contribution in [-0.4, -0.2) is 37.7 Å². The summed E-state index contributed by atoms with van der Waals surface area (Å²) in [5.74, 6) is 0.324. The normalized spacial score (nSPS) is 19.7. The first kappa shape index (κ1) is 25.4. The summed E-state index contributed by atoms with van der Waals surface area (Å²) in [6, 6.07) is 12.4. The average molecular weight is 492 g/mol. The Labute approximate surface area is 211 Å². The molecular weight excluding hydrogens is 458 g/mol. The molecule has 4 rings (SSSR count). The highest BCUT2D eigenvalue weighted by atomic mass is 16.5. The van der Waals surface area contributed by atoms with Gasteiger partial charge in [-0.15, -0.1) is 0 Å². The van der Waals surface area contributed by atoms with Crippen molar-refractivity contribution in [3.63, 3.8) is 0 Å². The smallest absolute Gasteiger partial charge is 0.336 e. The molecule has 0 unspecified atom stereocenters. The number of allylic oxidation sites excluding steroid dienone is 3. The second kappa shape index (κ2) is 10.5. The first-order valence-electron chi connectivity index (χ1n) is 12.2. The van der Waals surface area contributed by atoms with Crippen LogP contribution in [0.4, 0.5) is 0 Å². The number of benzene rings is 2. The minimum Gasteiger partial charge on any atom is -0.508 e. The molecule has 7 heteroatoms. The van der Waals surface area contributed by atoms with Gasteiger partial charge in [-0.25, -0.2) is 4.79 Å². The number of methoxy groups -OCH3 is 2. The van der Waals surface area contributed by atoms with E-state index in [2.05, 4.69) is 5.32 Å². The van der Waals surface area contributed by atoms with Crippen molar-refractivity contribution < 1.29 is 28.9 Å². The first-order valence-corrected chi connectivity index (χ1v) is 12.2. The molecule has 2 aliphatic rings. The van der Waals surface area contributed by atoms with Crippen LogP contribution in [0.2, 0.25) is 0 Å².